The molecule has 0 aliphatic heterocycles. The van der Waals surface area contributed by atoms with Crippen LogP contribution in [0.1, 0.15) is 0 Å². The number of rotatable bonds is 3. The van der Waals surface area contributed by atoms with Gasteiger partial charge >= 0.3 is 0 Å². The van der Waals surface area contributed by atoms with Crippen LogP contribution in [-0.2, 0) is 0 Å². The number of halogens is 2. The molecule has 0 unspecified atom stereocenters. The molecule has 1 N–H and O–H groups in total. The highest BCUT2D eigenvalue weighted by Crippen LogP contribution is 2.32. The fourth-order valence-corrected chi connectivity index (χ4v) is 1.67. The van der Waals surface area contributed by atoms with Crippen molar-refractivity contribution in [1.82, 2.24) is 9.97 Å². The lowest BCUT2D eigenvalue weighted by Gasteiger charge is -2.08. The Morgan fingerprint density at radius 3 is 2.82 bits per heavy atom. The number of aromatic nitrogens is 2. The van der Waals surface area contributed by atoms with Crippen LogP contribution in [0.5, 0.6) is 11.6 Å². The van der Waals surface area contributed by atoms with Gasteiger partial charge in [0.2, 0.25) is 11.8 Å². The zero-order valence-electron chi connectivity index (χ0n) is 8.95. The topological polar surface area (TPSA) is 47.0 Å². The minimum absolute atomic E-state index is 0.318. The summed E-state index contributed by atoms with van der Waals surface area (Å²) >= 11 is 9.35. The Morgan fingerprint density at radius 2 is 2.12 bits per heavy atom. The van der Waals surface area contributed by atoms with Crippen LogP contribution in [0.3, 0.4) is 0 Å². The van der Waals surface area contributed by atoms with Crippen molar-refractivity contribution in [3.05, 3.63) is 40.0 Å². The first-order valence-electron chi connectivity index (χ1n) is 4.83. The van der Waals surface area contributed by atoms with Crippen molar-refractivity contribution in [2.45, 2.75) is 0 Å². The predicted molar refractivity (Wildman–Crippen MR) is 70.8 cm³/mol. The summed E-state index contributed by atoms with van der Waals surface area (Å²) in [5.41, 5.74) is 0. The summed E-state index contributed by atoms with van der Waals surface area (Å²) in [7, 11) is 1.73. The fourth-order valence-electron chi connectivity index (χ4n) is 1.18. The fraction of sp³-hybridized carbons (Fsp3) is 0.0909. The van der Waals surface area contributed by atoms with E-state index in [9.17, 15) is 0 Å². The van der Waals surface area contributed by atoms with Gasteiger partial charge < -0.3 is 10.1 Å². The van der Waals surface area contributed by atoms with Gasteiger partial charge in [0.25, 0.3) is 0 Å². The third kappa shape index (κ3) is 2.87. The van der Waals surface area contributed by atoms with Crippen molar-refractivity contribution in [2.75, 3.05) is 12.4 Å². The van der Waals surface area contributed by atoms with E-state index in [4.69, 9.17) is 16.3 Å². The average molecular weight is 315 g/mol. The van der Waals surface area contributed by atoms with Crippen LogP contribution in [0.2, 0.25) is 5.02 Å². The van der Waals surface area contributed by atoms with Crippen molar-refractivity contribution < 1.29 is 4.74 Å². The molecule has 0 saturated carbocycles. The van der Waals surface area contributed by atoms with Gasteiger partial charge in [-0.25, -0.2) is 4.98 Å². The molecule has 0 bridgehead atoms. The maximum Gasteiger partial charge on any atom is 0.243 e. The van der Waals surface area contributed by atoms with Gasteiger partial charge in [-0.1, -0.05) is 23.7 Å². The van der Waals surface area contributed by atoms with Crippen LogP contribution in [0, 0.1) is 0 Å². The smallest absolute Gasteiger partial charge is 0.243 e. The number of hydrogen-bond acceptors (Lipinski definition) is 4. The summed E-state index contributed by atoms with van der Waals surface area (Å²) < 4.78 is 6.45. The molecule has 0 fully saturated rings. The Morgan fingerprint density at radius 1 is 1.35 bits per heavy atom. The van der Waals surface area contributed by atoms with Crippen LogP contribution in [0.4, 0.5) is 5.95 Å². The molecule has 0 amide bonds. The number of anilines is 1. The molecule has 2 rings (SSSR count). The summed E-state index contributed by atoms with van der Waals surface area (Å²) in [6.07, 6.45) is 1.49. The van der Waals surface area contributed by atoms with E-state index in [0.29, 0.717) is 22.6 Å². The lowest BCUT2D eigenvalue weighted by molar-refractivity contribution is 0.460. The summed E-state index contributed by atoms with van der Waals surface area (Å²) in [6, 6.07) is 7.47. The van der Waals surface area contributed by atoms with Crippen molar-refractivity contribution in [1.29, 1.82) is 0 Å². The Hall–Kier alpha value is -1.33. The van der Waals surface area contributed by atoms with Gasteiger partial charge in [0, 0.05) is 7.05 Å². The van der Waals surface area contributed by atoms with Gasteiger partial charge in [-0.15, -0.1) is 0 Å². The summed E-state index contributed by atoms with van der Waals surface area (Å²) in [4.78, 5) is 8.11. The van der Waals surface area contributed by atoms with E-state index < -0.39 is 0 Å². The SMILES string of the molecule is CNc1ncc(Cl)c(Oc2ccccc2Br)n1. The minimum Gasteiger partial charge on any atom is -0.436 e. The maximum atomic E-state index is 5.96. The van der Waals surface area contributed by atoms with Crippen molar-refractivity contribution in [3.63, 3.8) is 0 Å². The summed E-state index contributed by atoms with van der Waals surface area (Å²) in [5, 5.41) is 3.18. The van der Waals surface area contributed by atoms with E-state index in [1.54, 1.807) is 7.05 Å². The van der Waals surface area contributed by atoms with Crippen molar-refractivity contribution >= 4 is 33.5 Å². The monoisotopic (exact) mass is 313 g/mol. The van der Waals surface area contributed by atoms with Gasteiger partial charge in [-0.05, 0) is 28.1 Å². The number of benzene rings is 1. The largest absolute Gasteiger partial charge is 0.436 e. The van der Waals surface area contributed by atoms with Gasteiger partial charge in [0.05, 0.1) is 10.7 Å². The highest BCUT2D eigenvalue weighted by atomic mass is 79.9. The average Bonchev–Trinajstić information content (AvgIpc) is 2.35. The van der Waals surface area contributed by atoms with Gasteiger partial charge in [0.15, 0.2) is 0 Å². The van der Waals surface area contributed by atoms with E-state index in [0.717, 1.165) is 4.47 Å². The standard InChI is InChI=1S/C11H9BrClN3O/c1-14-11-15-6-8(13)10(16-11)17-9-5-3-2-4-7(9)12/h2-6H,1H3,(H,14,15,16). The van der Waals surface area contributed by atoms with Crippen LogP contribution < -0.4 is 10.1 Å². The molecule has 0 spiro atoms. The Balaban J connectivity index is 2.32. The molecule has 6 heteroatoms. The third-order valence-corrected chi connectivity index (χ3v) is 2.89. The van der Waals surface area contributed by atoms with Crippen LogP contribution in [0.25, 0.3) is 0 Å². The van der Waals surface area contributed by atoms with E-state index in [-0.39, 0.29) is 0 Å². The normalized spacial score (nSPS) is 10.1. The molecule has 17 heavy (non-hydrogen) atoms. The molecule has 1 aromatic carbocycles. The lowest BCUT2D eigenvalue weighted by atomic mass is 10.3. The maximum absolute atomic E-state index is 5.96. The summed E-state index contributed by atoms with van der Waals surface area (Å²) in [5.74, 6) is 1.42. The molecular weight excluding hydrogens is 305 g/mol. The first kappa shape index (κ1) is 12.1. The summed E-state index contributed by atoms with van der Waals surface area (Å²) in [6.45, 7) is 0. The van der Waals surface area contributed by atoms with Gasteiger partial charge in [-0.3, -0.25) is 0 Å². The lowest BCUT2D eigenvalue weighted by Crippen LogP contribution is -1.98. The molecule has 4 nitrogen and oxygen atoms in total. The van der Waals surface area contributed by atoms with E-state index in [1.807, 2.05) is 24.3 Å². The number of nitrogens with one attached hydrogen (secondary N) is 1. The Bertz CT molecular complexity index is 536. The third-order valence-electron chi connectivity index (χ3n) is 1.98. The molecule has 0 radical (unpaired) electrons. The van der Waals surface area contributed by atoms with Gasteiger partial charge in [0.1, 0.15) is 10.8 Å². The predicted octanol–water partition coefficient (Wildman–Crippen LogP) is 3.73. The molecule has 88 valence electrons. The second kappa shape index (κ2) is 5.33. The second-order valence-electron chi connectivity index (χ2n) is 3.13. The Labute approximate surface area is 112 Å². The van der Waals surface area contributed by atoms with Crippen LogP contribution in [0.15, 0.2) is 34.9 Å². The first-order valence-corrected chi connectivity index (χ1v) is 6.00. The quantitative estimate of drug-likeness (QED) is 0.938. The number of nitrogens with zero attached hydrogens (tertiary/aromatic N) is 2. The minimum atomic E-state index is 0.318. The van der Waals surface area contributed by atoms with E-state index in [2.05, 4.69) is 31.2 Å². The molecule has 2 aromatic rings. The molecule has 0 atom stereocenters. The van der Waals surface area contributed by atoms with Crippen molar-refractivity contribution in [2.24, 2.45) is 0 Å². The number of ether oxygens (including phenoxy) is 1. The molecule has 0 saturated heterocycles. The van der Waals surface area contributed by atoms with E-state index in [1.165, 1.54) is 6.20 Å². The van der Waals surface area contributed by atoms with Crippen LogP contribution >= 0.6 is 27.5 Å². The first-order chi connectivity index (χ1) is 8.20. The second-order valence-corrected chi connectivity index (χ2v) is 4.39. The molecular formula is C11H9BrClN3O. The van der Waals surface area contributed by atoms with Gasteiger partial charge in [-0.2, -0.15) is 4.98 Å². The molecule has 1 aromatic heterocycles. The number of hydrogen-bond donors (Lipinski definition) is 1. The zero-order valence-corrected chi connectivity index (χ0v) is 11.3. The number of para-hydroxylation sites is 1. The highest BCUT2D eigenvalue weighted by molar-refractivity contribution is 9.10. The molecule has 0 aliphatic carbocycles. The van der Waals surface area contributed by atoms with Crippen LogP contribution in [-0.4, -0.2) is 17.0 Å². The zero-order chi connectivity index (χ0) is 12.3. The van der Waals surface area contributed by atoms with Crippen molar-refractivity contribution in [3.8, 4) is 11.6 Å². The molecule has 1 heterocycles. The molecule has 0 aliphatic rings. The highest BCUT2D eigenvalue weighted by Gasteiger charge is 2.09. The Kier molecular flexibility index (Phi) is 3.81. The van der Waals surface area contributed by atoms with E-state index >= 15 is 0 Å².